The van der Waals surface area contributed by atoms with Crippen molar-refractivity contribution in [2.45, 2.75) is 31.9 Å². The van der Waals surface area contributed by atoms with Crippen LogP contribution in [-0.2, 0) is 18.4 Å². The summed E-state index contributed by atoms with van der Waals surface area (Å²) in [6, 6.07) is 8.11. The number of aliphatic hydroxyl groups excluding tert-OH is 1. The molecule has 1 aliphatic heterocycles. The standard InChI is InChI=1S/C19H26N4O2/c1-21-17-5-3-2-4-16(17)20-18(21)13-22-8-9-23(12-15(24)11-22)19(25)10-14-6-7-14/h2-5,14-15,24H,6-13H2,1H3/t15-/m0/s1. The number of rotatable bonds is 4. The normalized spacial score (nSPS) is 22.3. The van der Waals surface area contributed by atoms with Crippen LogP contribution in [-0.4, -0.2) is 62.6 Å². The number of para-hydroxylation sites is 2. The number of fused-ring (bicyclic) bond motifs is 1. The summed E-state index contributed by atoms with van der Waals surface area (Å²) < 4.78 is 2.11. The van der Waals surface area contributed by atoms with Crippen molar-refractivity contribution in [3.05, 3.63) is 30.1 Å². The molecule has 0 radical (unpaired) electrons. The number of hydrogen-bond donors (Lipinski definition) is 1. The number of benzene rings is 1. The van der Waals surface area contributed by atoms with Gasteiger partial charge >= 0.3 is 0 Å². The monoisotopic (exact) mass is 342 g/mol. The number of aliphatic hydroxyl groups is 1. The van der Waals surface area contributed by atoms with Gasteiger partial charge in [0.1, 0.15) is 5.82 Å². The number of amides is 1. The molecular formula is C19H26N4O2. The van der Waals surface area contributed by atoms with Crippen molar-refractivity contribution in [1.29, 1.82) is 0 Å². The van der Waals surface area contributed by atoms with E-state index >= 15 is 0 Å². The van der Waals surface area contributed by atoms with Crippen LogP contribution >= 0.6 is 0 Å². The van der Waals surface area contributed by atoms with Gasteiger partial charge in [-0.2, -0.15) is 0 Å². The topological polar surface area (TPSA) is 61.6 Å². The Bertz CT molecular complexity index is 768. The maximum atomic E-state index is 12.4. The average molecular weight is 342 g/mol. The molecule has 2 fully saturated rings. The molecule has 6 heteroatoms. The highest BCUT2D eigenvalue weighted by Crippen LogP contribution is 2.33. The highest BCUT2D eigenvalue weighted by atomic mass is 16.3. The molecular weight excluding hydrogens is 316 g/mol. The molecule has 1 aliphatic carbocycles. The first-order chi connectivity index (χ1) is 12.1. The minimum atomic E-state index is -0.500. The Morgan fingerprint density at radius 3 is 2.80 bits per heavy atom. The van der Waals surface area contributed by atoms with E-state index in [2.05, 4.69) is 15.5 Å². The Balaban J connectivity index is 1.43. The Kier molecular flexibility index (Phi) is 4.48. The number of carbonyl (C=O) groups is 1. The van der Waals surface area contributed by atoms with Gasteiger partial charge in [0, 0.05) is 39.6 Å². The Hall–Kier alpha value is -1.92. The van der Waals surface area contributed by atoms with E-state index in [0.717, 1.165) is 23.4 Å². The first-order valence-corrected chi connectivity index (χ1v) is 9.18. The summed E-state index contributed by atoms with van der Waals surface area (Å²) in [5.74, 6) is 1.78. The quantitative estimate of drug-likeness (QED) is 0.912. The summed E-state index contributed by atoms with van der Waals surface area (Å²) in [5, 5.41) is 10.4. The molecule has 1 amide bonds. The zero-order valence-electron chi connectivity index (χ0n) is 14.8. The number of carbonyl (C=O) groups excluding carboxylic acids is 1. The third-order valence-corrected chi connectivity index (χ3v) is 5.34. The second-order valence-electron chi connectivity index (χ2n) is 7.45. The maximum absolute atomic E-state index is 12.4. The number of aromatic nitrogens is 2. The van der Waals surface area contributed by atoms with Gasteiger partial charge in [-0.05, 0) is 30.9 Å². The summed E-state index contributed by atoms with van der Waals surface area (Å²) in [7, 11) is 2.03. The van der Waals surface area contributed by atoms with Gasteiger partial charge < -0.3 is 14.6 Å². The minimum absolute atomic E-state index is 0.200. The minimum Gasteiger partial charge on any atom is -0.390 e. The van der Waals surface area contributed by atoms with Crippen molar-refractivity contribution >= 4 is 16.9 Å². The lowest BCUT2D eigenvalue weighted by Crippen LogP contribution is -2.37. The summed E-state index contributed by atoms with van der Waals surface area (Å²) in [6.45, 7) is 3.18. The molecule has 2 aromatic rings. The molecule has 2 aliphatic rings. The number of aryl methyl sites for hydroxylation is 1. The smallest absolute Gasteiger partial charge is 0.222 e. The summed E-state index contributed by atoms with van der Waals surface area (Å²) in [6.07, 6.45) is 2.51. The van der Waals surface area contributed by atoms with Crippen LogP contribution in [0.15, 0.2) is 24.3 Å². The number of β-amino-alcohol motifs (C(OH)–C–C–N with tert-alkyl or cyclic N) is 1. The van der Waals surface area contributed by atoms with Crippen LogP contribution in [0.5, 0.6) is 0 Å². The molecule has 0 unspecified atom stereocenters. The number of nitrogens with zero attached hydrogens (tertiary/aromatic N) is 4. The lowest BCUT2D eigenvalue weighted by molar-refractivity contribution is -0.132. The molecule has 134 valence electrons. The zero-order chi connectivity index (χ0) is 17.4. The number of imidazole rings is 1. The molecule has 25 heavy (non-hydrogen) atoms. The Morgan fingerprint density at radius 1 is 1.24 bits per heavy atom. The molecule has 1 atom stereocenters. The lowest BCUT2D eigenvalue weighted by atomic mass is 10.2. The van der Waals surface area contributed by atoms with Crippen LogP contribution in [0.3, 0.4) is 0 Å². The van der Waals surface area contributed by atoms with Gasteiger partial charge in [-0.3, -0.25) is 9.69 Å². The fraction of sp³-hybridized carbons (Fsp3) is 0.579. The molecule has 1 saturated heterocycles. The molecule has 0 bridgehead atoms. The zero-order valence-corrected chi connectivity index (χ0v) is 14.8. The van der Waals surface area contributed by atoms with E-state index in [1.165, 1.54) is 12.8 Å². The van der Waals surface area contributed by atoms with Crippen LogP contribution in [0.4, 0.5) is 0 Å². The van der Waals surface area contributed by atoms with Crippen molar-refractivity contribution in [2.24, 2.45) is 13.0 Å². The van der Waals surface area contributed by atoms with E-state index in [-0.39, 0.29) is 5.91 Å². The third-order valence-electron chi connectivity index (χ3n) is 5.34. The first-order valence-electron chi connectivity index (χ1n) is 9.18. The summed E-state index contributed by atoms with van der Waals surface area (Å²) in [4.78, 5) is 21.1. The molecule has 2 heterocycles. The van der Waals surface area contributed by atoms with E-state index in [4.69, 9.17) is 4.98 Å². The van der Waals surface area contributed by atoms with Crippen LogP contribution < -0.4 is 0 Å². The van der Waals surface area contributed by atoms with Gasteiger partial charge in [-0.1, -0.05) is 12.1 Å². The van der Waals surface area contributed by atoms with Crippen LogP contribution in [0.2, 0.25) is 0 Å². The van der Waals surface area contributed by atoms with E-state index in [1.54, 1.807) is 0 Å². The highest BCUT2D eigenvalue weighted by molar-refractivity contribution is 5.77. The predicted octanol–water partition coefficient (Wildman–Crippen LogP) is 1.38. The first kappa shape index (κ1) is 16.5. The van der Waals surface area contributed by atoms with E-state index in [9.17, 15) is 9.90 Å². The fourth-order valence-corrected chi connectivity index (χ4v) is 3.66. The van der Waals surface area contributed by atoms with Gasteiger partial charge in [0.15, 0.2) is 0 Å². The van der Waals surface area contributed by atoms with Crippen molar-refractivity contribution in [3.63, 3.8) is 0 Å². The Morgan fingerprint density at radius 2 is 2.04 bits per heavy atom. The van der Waals surface area contributed by atoms with Crippen molar-refractivity contribution in [2.75, 3.05) is 26.2 Å². The molecule has 1 aromatic carbocycles. The van der Waals surface area contributed by atoms with Crippen molar-refractivity contribution < 1.29 is 9.90 Å². The van der Waals surface area contributed by atoms with E-state index < -0.39 is 6.10 Å². The fourth-order valence-electron chi connectivity index (χ4n) is 3.66. The average Bonchev–Trinajstić information content (AvgIpc) is 3.37. The summed E-state index contributed by atoms with van der Waals surface area (Å²) >= 11 is 0. The second-order valence-corrected chi connectivity index (χ2v) is 7.45. The molecule has 6 nitrogen and oxygen atoms in total. The highest BCUT2D eigenvalue weighted by Gasteiger charge is 2.30. The Labute approximate surface area is 148 Å². The SMILES string of the molecule is Cn1c(CN2CCN(C(=O)CC3CC3)C[C@@H](O)C2)nc2ccccc21. The predicted molar refractivity (Wildman–Crippen MR) is 95.9 cm³/mol. The molecule has 1 N–H and O–H groups in total. The van der Waals surface area contributed by atoms with E-state index in [0.29, 0.717) is 38.5 Å². The van der Waals surface area contributed by atoms with Crippen LogP contribution in [0.25, 0.3) is 11.0 Å². The van der Waals surface area contributed by atoms with Gasteiger partial charge in [-0.15, -0.1) is 0 Å². The maximum Gasteiger partial charge on any atom is 0.222 e. The van der Waals surface area contributed by atoms with Crippen molar-refractivity contribution in [1.82, 2.24) is 19.4 Å². The van der Waals surface area contributed by atoms with Crippen molar-refractivity contribution in [3.8, 4) is 0 Å². The van der Waals surface area contributed by atoms with Gasteiger partial charge in [-0.25, -0.2) is 4.98 Å². The van der Waals surface area contributed by atoms with Gasteiger partial charge in [0.25, 0.3) is 0 Å². The van der Waals surface area contributed by atoms with Gasteiger partial charge in [0.2, 0.25) is 5.91 Å². The largest absolute Gasteiger partial charge is 0.390 e. The van der Waals surface area contributed by atoms with Crippen LogP contribution in [0.1, 0.15) is 25.1 Å². The molecule has 1 aromatic heterocycles. The molecule has 4 rings (SSSR count). The second kappa shape index (κ2) is 6.77. The van der Waals surface area contributed by atoms with Gasteiger partial charge in [0.05, 0.1) is 23.7 Å². The number of hydrogen-bond acceptors (Lipinski definition) is 4. The third kappa shape index (κ3) is 3.70. The summed E-state index contributed by atoms with van der Waals surface area (Å²) in [5.41, 5.74) is 2.12. The van der Waals surface area contributed by atoms with E-state index in [1.807, 2.05) is 30.1 Å². The molecule has 0 spiro atoms. The van der Waals surface area contributed by atoms with Crippen LogP contribution in [0, 0.1) is 5.92 Å². The molecule has 1 saturated carbocycles. The lowest BCUT2D eigenvalue weighted by Gasteiger charge is -2.21.